The van der Waals surface area contributed by atoms with E-state index in [1.165, 1.54) is 193 Å². The van der Waals surface area contributed by atoms with Crippen LogP contribution in [0.25, 0.3) is 0 Å². The van der Waals surface area contributed by atoms with Crippen LogP contribution >= 0.6 is 0 Å². The van der Waals surface area contributed by atoms with Gasteiger partial charge in [-0.15, -0.1) is 0 Å². The maximum atomic E-state index is 12.9. The molecule has 0 saturated carbocycles. The van der Waals surface area contributed by atoms with Crippen molar-refractivity contribution in [2.24, 2.45) is 0 Å². The molecule has 6 nitrogen and oxygen atoms in total. The van der Waals surface area contributed by atoms with E-state index in [0.717, 1.165) is 83.5 Å². The number of allylic oxidation sites excluding steroid dienone is 8. The predicted molar refractivity (Wildman–Crippen MR) is 298 cm³/mol. The fraction of sp³-hybridized carbons (Fsp3) is 0.825. The van der Waals surface area contributed by atoms with Gasteiger partial charge in [-0.1, -0.05) is 275 Å². The minimum atomic E-state index is -0.783. The summed E-state index contributed by atoms with van der Waals surface area (Å²) in [6, 6.07) is 0. The Labute approximate surface area is 428 Å². The van der Waals surface area contributed by atoms with Crippen molar-refractivity contribution in [2.75, 3.05) is 13.2 Å². The lowest BCUT2D eigenvalue weighted by Crippen LogP contribution is -2.30. The summed E-state index contributed by atoms with van der Waals surface area (Å²) in [4.78, 5) is 38.2. The van der Waals surface area contributed by atoms with Gasteiger partial charge in [0.1, 0.15) is 13.2 Å². The van der Waals surface area contributed by atoms with Gasteiger partial charge in [0, 0.05) is 19.3 Å². The fourth-order valence-electron chi connectivity index (χ4n) is 8.78. The second-order valence-corrected chi connectivity index (χ2v) is 20.3. The van der Waals surface area contributed by atoms with Crippen molar-refractivity contribution in [2.45, 2.75) is 322 Å². The van der Waals surface area contributed by atoms with Gasteiger partial charge in [-0.05, 0) is 70.6 Å². The lowest BCUT2D eigenvalue weighted by molar-refractivity contribution is -0.167. The Morgan fingerprint density at radius 1 is 0.290 bits per heavy atom. The number of ether oxygens (including phenoxy) is 3. The first kappa shape index (κ1) is 66.4. The molecule has 0 aliphatic heterocycles. The van der Waals surface area contributed by atoms with E-state index < -0.39 is 6.10 Å². The van der Waals surface area contributed by atoms with Crippen molar-refractivity contribution in [1.82, 2.24) is 0 Å². The van der Waals surface area contributed by atoms with Gasteiger partial charge in [0.25, 0.3) is 0 Å². The molecule has 0 saturated heterocycles. The predicted octanol–water partition coefficient (Wildman–Crippen LogP) is 20.2. The first-order chi connectivity index (χ1) is 34.0. The van der Waals surface area contributed by atoms with E-state index in [2.05, 4.69) is 69.4 Å². The average molecular weight is 968 g/mol. The van der Waals surface area contributed by atoms with Crippen LogP contribution in [-0.4, -0.2) is 37.2 Å². The molecular weight excluding hydrogens is 853 g/mol. The van der Waals surface area contributed by atoms with E-state index in [9.17, 15) is 14.4 Å². The highest BCUT2D eigenvalue weighted by Crippen LogP contribution is 2.17. The summed E-state index contributed by atoms with van der Waals surface area (Å²) in [5, 5.41) is 0. The second-order valence-electron chi connectivity index (χ2n) is 20.3. The van der Waals surface area contributed by atoms with Crippen molar-refractivity contribution >= 4 is 17.9 Å². The second kappa shape index (κ2) is 57.9. The first-order valence-electron chi connectivity index (χ1n) is 30.2. The molecule has 0 bridgehead atoms. The summed E-state index contributed by atoms with van der Waals surface area (Å²) in [6.07, 6.45) is 71.0. The maximum Gasteiger partial charge on any atom is 0.306 e. The van der Waals surface area contributed by atoms with Gasteiger partial charge < -0.3 is 14.2 Å². The number of hydrogen-bond donors (Lipinski definition) is 0. The van der Waals surface area contributed by atoms with Gasteiger partial charge in [0.2, 0.25) is 0 Å². The molecule has 0 amide bonds. The monoisotopic (exact) mass is 967 g/mol. The van der Waals surface area contributed by atoms with Crippen molar-refractivity contribution in [3.63, 3.8) is 0 Å². The maximum absolute atomic E-state index is 12.9. The van der Waals surface area contributed by atoms with Crippen LogP contribution in [0.3, 0.4) is 0 Å². The lowest BCUT2D eigenvalue weighted by Gasteiger charge is -2.18. The SMILES string of the molecule is CCCCC/C=C\C=C/CCCCCCCCC(=O)OCC(COC(=O)CCCCCCC/C=C\C=C/CCCCCCCCC)OC(=O)CCCCCCCCCCCCCCCCCCCC. The van der Waals surface area contributed by atoms with Gasteiger partial charge >= 0.3 is 17.9 Å². The summed E-state index contributed by atoms with van der Waals surface area (Å²) in [5.74, 6) is -0.889. The van der Waals surface area contributed by atoms with E-state index in [0.29, 0.717) is 19.3 Å². The highest BCUT2D eigenvalue weighted by molar-refractivity contribution is 5.71. The van der Waals surface area contributed by atoms with E-state index in [-0.39, 0.29) is 31.1 Å². The molecule has 0 aliphatic carbocycles. The van der Waals surface area contributed by atoms with Crippen LogP contribution in [0.15, 0.2) is 48.6 Å². The summed E-state index contributed by atoms with van der Waals surface area (Å²) < 4.78 is 16.9. The third-order valence-corrected chi connectivity index (χ3v) is 13.4. The Morgan fingerprint density at radius 2 is 0.507 bits per heavy atom. The Bertz CT molecular complexity index is 1200. The fourth-order valence-corrected chi connectivity index (χ4v) is 8.78. The topological polar surface area (TPSA) is 78.9 Å². The molecule has 1 atom stereocenters. The van der Waals surface area contributed by atoms with E-state index in [1.54, 1.807) is 0 Å². The zero-order valence-electron chi connectivity index (χ0n) is 46.1. The van der Waals surface area contributed by atoms with Crippen molar-refractivity contribution in [3.8, 4) is 0 Å². The average Bonchev–Trinajstić information content (AvgIpc) is 3.35. The number of esters is 3. The smallest absolute Gasteiger partial charge is 0.306 e. The molecule has 0 fully saturated rings. The Hall–Kier alpha value is -2.63. The number of unbranched alkanes of at least 4 members (excludes halogenated alkanes) is 38. The van der Waals surface area contributed by atoms with Crippen LogP contribution in [0, 0.1) is 0 Å². The Morgan fingerprint density at radius 3 is 0.797 bits per heavy atom. The van der Waals surface area contributed by atoms with Crippen LogP contribution in [0.2, 0.25) is 0 Å². The molecule has 0 N–H and O–H groups in total. The molecule has 0 heterocycles. The van der Waals surface area contributed by atoms with Crippen LogP contribution in [-0.2, 0) is 28.6 Å². The largest absolute Gasteiger partial charge is 0.462 e. The van der Waals surface area contributed by atoms with Gasteiger partial charge in [-0.25, -0.2) is 0 Å². The molecule has 0 aromatic heterocycles. The summed E-state index contributed by atoms with van der Waals surface area (Å²) in [5.41, 5.74) is 0. The number of carbonyl (C=O) groups excluding carboxylic acids is 3. The summed E-state index contributed by atoms with van der Waals surface area (Å²) in [7, 11) is 0. The van der Waals surface area contributed by atoms with Gasteiger partial charge in [0.05, 0.1) is 0 Å². The molecule has 69 heavy (non-hydrogen) atoms. The molecular formula is C63H114O6. The van der Waals surface area contributed by atoms with Crippen LogP contribution in [0.1, 0.15) is 316 Å². The molecule has 1 unspecified atom stereocenters. The highest BCUT2D eigenvalue weighted by atomic mass is 16.6. The van der Waals surface area contributed by atoms with Crippen LogP contribution in [0.4, 0.5) is 0 Å². The zero-order chi connectivity index (χ0) is 50.0. The quantitative estimate of drug-likeness (QED) is 0.0262. The molecule has 0 spiro atoms. The number of carbonyl (C=O) groups is 3. The molecule has 0 rings (SSSR count). The molecule has 0 aliphatic rings. The minimum absolute atomic E-state index is 0.0815. The van der Waals surface area contributed by atoms with Crippen molar-refractivity contribution < 1.29 is 28.6 Å². The molecule has 0 radical (unpaired) electrons. The van der Waals surface area contributed by atoms with Gasteiger partial charge in [0.15, 0.2) is 6.10 Å². The van der Waals surface area contributed by atoms with E-state index in [1.807, 2.05) is 0 Å². The van der Waals surface area contributed by atoms with Crippen LogP contribution in [0.5, 0.6) is 0 Å². The normalized spacial score (nSPS) is 12.3. The van der Waals surface area contributed by atoms with Crippen LogP contribution < -0.4 is 0 Å². The van der Waals surface area contributed by atoms with Gasteiger partial charge in [-0.3, -0.25) is 14.4 Å². The lowest BCUT2D eigenvalue weighted by atomic mass is 10.0. The van der Waals surface area contributed by atoms with Crippen molar-refractivity contribution in [1.29, 1.82) is 0 Å². The minimum Gasteiger partial charge on any atom is -0.462 e. The first-order valence-corrected chi connectivity index (χ1v) is 30.2. The van der Waals surface area contributed by atoms with E-state index >= 15 is 0 Å². The van der Waals surface area contributed by atoms with Gasteiger partial charge in [-0.2, -0.15) is 0 Å². The third-order valence-electron chi connectivity index (χ3n) is 13.4. The third kappa shape index (κ3) is 56.2. The summed E-state index contributed by atoms with van der Waals surface area (Å²) in [6.45, 7) is 6.63. The molecule has 402 valence electrons. The summed E-state index contributed by atoms with van der Waals surface area (Å²) >= 11 is 0. The number of hydrogen-bond acceptors (Lipinski definition) is 6. The Kier molecular flexibility index (Phi) is 55.7. The molecule has 0 aromatic carbocycles. The Balaban J connectivity index is 4.38. The zero-order valence-corrected chi connectivity index (χ0v) is 46.1. The molecule has 6 heteroatoms. The highest BCUT2D eigenvalue weighted by Gasteiger charge is 2.19. The number of rotatable bonds is 55. The van der Waals surface area contributed by atoms with E-state index in [4.69, 9.17) is 14.2 Å². The standard InChI is InChI=1S/C63H114O6/c1-4-7-10-13-16-19-22-25-28-30-32-35-38-41-44-47-50-53-56-62(65)68-59-60(58-67-61(64)55-52-49-46-43-40-37-34-27-24-21-18-15-12-9-6-3)69-63(66)57-54-51-48-45-42-39-36-33-31-29-26-23-20-17-14-11-8-5-2/h18,21,24,27-28,30,32,35,60H,4-17,19-20,22-23,25-26,29,31,33-34,36-59H2,1-3H3/b21-18-,27-24-,30-28-,35-32-. The van der Waals surface area contributed by atoms with Crippen molar-refractivity contribution in [3.05, 3.63) is 48.6 Å². The molecule has 0 aromatic rings.